The molecule has 0 rings (SSSR count). The topological polar surface area (TPSA) is 37.3 Å². The molecule has 0 aromatic heterocycles. The lowest BCUT2D eigenvalue weighted by molar-refractivity contribution is -0.142. The van der Waals surface area contributed by atoms with Crippen LogP contribution in [0.1, 0.15) is 233 Å². The van der Waals surface area contributed by atoms with Crippen molar-refractivity contribution in [3.8, 4) is 0 Å². The summed E-state index contributed by atoms with van der Waals surface area (Å²) in [7, 11) is 0. The summed E-state index contributed by atoms with van der Waals surface area (Å²) in [6.07, 6.45) is 48.3. The summed E-state index contributed by atoms with van der Waals surface area (Å²) in [5.74, 6) is 0.179. The molecule has 0 aliphatic heterocycles. The standard InChI is InChI=1S/C41H80O2/c1-4-6-8-10-11-12-13-14-15-16-17-20-23-26-29-33-37-40(41(42)43)38-34-30-27-24-21-18-19-22-25-28-32-36-39(3)35-31-9-7-5-2/h28,32,39-40H,4-27,29-31,33-38H2,1-3H3,(H,42,43). The van der Waals surface area contributed by atoms with E-state index >= 15 is 0 Å². The fourth-order valence-corrected chi connectivity index (χ4v) is 6.53. The van der Waals surface area contributed by atoms with Crippen LogP contribution in [0.25, 0.3) is 0 Å². The van der Waals surface area contributed by atoms with Gasteiger partial charge in [-0.25, -0.2) is 0 Å². The molecule has 0 aliphatic rings. The number of allylic oxidation sites excluding steroid dienone is 2. The van der Waals surface area contributed by atoms with Crippen LogP contribution in [0.4, 0.5) is 0 Å². The number of carboxylic acids is 1. The SMILES string of the molecule is CCCCCCCCCCCCCCCCCCC(CCCCCCCCCCC=CCC(C)CCCCCC)C(=O)O. The lowest BCUT2D eigenvalue weighted by Gasteiger charge is -2.12. The molecule has 43 heavy (non-hydrogen) atoms. The summed E-state index contributed by atoms with van der Waals surface area (Å²) in [5.41, 5.74) is 0. The quantitative estimate of drug-likeness (QED) is 0.0570. The first-order valence-electron chi connectivity index (χ1n) is 20.0. The van der Waals surface area contributed by atoms with Crippen LogP contribution in [0.2, 0.25) is 0 Å². The molecule has 2 heteroatoms. The van der Waals surface area contributed by atoms with Crippen molar-refractivity contribution >= 4 is 5.97 Å². The molecule has 0 saturated heterocycles. The average Bonchev–Trinajstić information content (AvgIpc) is 3.00. The Kier molecular flexibility index (Phi) is 35.0. The molecule has 1 N–H and O–H groups in total. The average molecular weight is 605 g/mol. The van der Waals surface area contributed by atoms with E-state index in [1.54, 1.807) is 0 Å². The number of carbonyl (C=O) groups is 1. The maximum atomic E-state index is 11.7. The van der Waals surface area contributed by atoms with Gasteiger partial charge in [0.2, 0.25) is 0 Å². The van der Waals surface area contributed by atoms with Crippen LogP contribution in [-0.2, 0) is 4.79 Å². The largest absolute Gasteiger partial charge is 0.481 e. The molecule has 0 fully saturated rings. The highest BCUT2D eigenvalue weighted by Gasteiger charge is 2.16. The molecule has 2 unspecified atom stereocenters. The second-order valence-electron chi connectivity index (χ2n) is 14.2. The van der Waals surface area contributed by atoms with Gasteiger partial charge in [-0.1, -0.05) is 213 Å². The minimum atomic E-state index is -0.559. The summed E-state index contributed by atoms with van der Waals surface area (Å²) >= 11 is 0. The van der Waals surface area contributed by atoms with E-state index < -0.39 is 5.97 Å². The number of unbranched alkanes of at least 4 members (excludes halogenated alkanes) is 26. The zero-order chi connectivity index (χ0) is 31.5. The lowest BCUT2D eigenvalue weighted by atomic mass is 9.94. The van der Waals surface area contributed by atoms with Gasteiger partial charge in [0.05, 0.1) is 5.92 Å². The fourth-order valence-electron chi connectivity index (χ4n) is 6.53. The zero-order valence-corrected chi connectivity index (χ0v) is 30.0. The van der Waals surface area contributed by atoms with E-state index in [9.17, 15) is 9.90 Å². The van der Waals surface area contributed by atoms with Crippen LogP contribution < -0.4 is 0 Å². The highest BCUT2D eigenvalue weighted by molar-refractivity contribution is 5.69. The van der Waals surface area contributed by atoms with Crippen LogP contribution in [0.3, 0.4) is 0 Å². The number of aliphatic carboxylic acids is 1. The lowest BCUT2D eigenvalue weighted by Crippen LogP contribution is -2.13. The summed E-state index contributed by atoms with van der Waals surface area (Å²) in [6.45, 7) is 6.98. The van der Waals surface area contributed by atoms with Crippen molar-refractivity contribution in [2.24, 2.45) is 11.8 Å². The van der Waals surface area contributed by atoms with Gasteiger partial charge in [-0.05, 0) is 38.0 Å². The van der Waals surface area contributed by atoms with Gasteiger partial charge in [0.25, 0.3) is 0 Å². The molecule has 0 spiro atoms. The van der Waals surface area contributed by atoms with Gasteiger partial charge in [0.1, 0.15) is 0 Å². The Morgan fingerprint density at radius 1 is 0.465 bits per heavy atom. The van der Waals surface area contributed by atoms with Gasteiger partial charge in [-0.3, -0.25) is 4.79 Å². The smallest absolute Gasteiger partial charge is 0.306 e. The molecule has 2 nitrogen and oxygen atoms in total. The predicted molar refractivity (Wildman–Crippen MR) is 193 cm³/mol. The first-order chi connectivity index (χ1) is 21.1. The summed E-state index contributed by atoms with van der Waals surface area (Å²) in [6, 6.07) is 0. The van der Waals surface area contributed by atoms with Crippen LogP contribution in [0.15, 0.2) is 12.2 Å². The third-order valence-electron chi connectivity index (χ3n) is 9.68. The highest BCUT2D eigenvalue weighted by atomic mass is 16.4. The predicted octanol–water partition coefficient (Wildman–Crippen LogP) is 14.8. The molecule has 0 amide bonds. The molecule has 0 aromatic carbocycles. The minimum Gasteiger partial charge on any atom is -0.481 e. The van der Waals surface area contributed by atoms with Crippen LogP contribution in [-0.4, -0.2) is 11.1 Å². The van der Waals surface area contributed by atoms with Gasteiger partial charge in [-0.15, -0.1) is 0 Å². The van der Waals surface area contributed by atoms with Crippen molar-refractivity contribution in [2.45, 2.75) is 233 Å². The molecule has 256 valence electrons. The highest BCUT2D eigenvalue weighted by Crippen LogP contribution is 2.21. The van der Waals surface area contributed by atoms with Crippen molar-refractivity contribution in [1.82, 2.24) is 0 Å². The zero-order valence-electron chi connectivity index (χ0n) is 30.0. The van der Waals surface area contributed by atoms with Crippen LogP contribution in [0.5, 0.6) is 0 Å². The summed E-state index contributed by atoms with van der Waals surface area (Å²) < 4.78 is 0. The Hall–Kier alpha value is -0.790. The fraction of sp³-hybridized carbons (Fsp3) is 0.927. The molecule has 0 aromatic rings. The van der Waals surface area contributed by atoms with Gasteiger partial charge >= 0.3 is 5.97 Å². The van der Waals surface area contributed by atoms with E-state index in [4.69, 9.17) is 0 Å². The molecular weight excluding hydrogens is 524 g/mol. The van der Waals surface area contributed by atoms with Crippen molar-refractivity contribution < 1.29 is 9.90 Å². The Morgan fingerprint density at radius 3 is 1.19 bits per heavy atom. The van der Waals surface area contributed by atoms with Gasteiger partial charge in [0, 0.05) is 0 Å². The third kappa shape index (κ3) is 33.9. The van der Waals surface area contributed by atoms with E-state index in [2.05, 4.69) is 32.9 Å². The first-order valence-corrected chi connectivity index (χ1v) is 20.0. The third-order valence-corrected chi connectivity index (χ3v) is 9.68. The second kappa shape index (κ2) is 35.7. The minimum absolute atomic E-state index is 0.108. The molecular formula is C41H80O2. The Labute approximate surface area is 272 Å². The maximum absolute atomic E-state index is 11.7. The summed E-state index contributed by atoms with van der Waals surface area (Å²) in [4.78, 5) is 11.7. The molecule has 0 aliphatic carbocycles. The number of hydrogen-bond donors (Lipinski definition) is 1. The number of carboxylic acid groups (broad SMARTS) is 1. The normalized spacial score (nSPS) is 13.2. The number of rotatable bonds is 36. The monoisotopic (exact) mass is 605 g/mol. The van der Waals surface area contributed by atoms with Crippen molar-refractivity contribution in [1.29, 1.82) is 0 Å². The number of hydrogen-bond acceptors (Lipinski definition) is 1. The molecule has 2 atom stereocenters. The van der Waals surface area contributed by atoms with E-state index in [1.807, 2.05) is 0 Å². The van der Waals surface area contributed by atoms with Crippen LogP contribution in [0, 0.1) is 11.8 Å². The van der Waals surface area contributed by atoms with Crippen molar-refractivity contribution in [2.75, 3.05) is 0 Å². The van der Waals surface area contributed by atoms with E-state index in [0.29, 0.717) is 0 Å². The second-order valence-corrected chi connectivity index (χ2v) is 14.2. The van der Waals surface area contributed by atoms with Gasteiger partial charge in [-0.2, -0.15) is 0 Å². The van der Waals surface area contributed by atoms with Gasteiger partial charge < -0.3 is 5.11 Å². The van der Waals surface area contributed by atoms with E-state index in [-0.39, 0.29) is 5.92 Å². The van der Waals surface area contributed by atoms with E-state index in [0.717, 1.165) is 31.6 Å². The summed E-state index contributed by atoms with van der Waals surface area (Å²) in [5, 5.41) is 9.65. The molecule has 0 saturated carbocycles. The Morgan fingerprint density at radius 2 is 0.791 bits per heavy atom. The molecule has 0 bridgehead atoms. The Balaban J connectivity index is 3.46. The molecule has 0 radical (unpaired) electrons. The van der Waals surface area contributed by atoms with Crippen LogP contribution >= 0.6 is 0 Å². The van der Waals surface area contributed by atoms with Crippen molar-refractivity contribution in [3.05, 3.63) is 12.2 Å². The molecule has 0 heterocycles. The van der Waals surface area contributed by atoms with Gasteiger partial charge in [0.15, 0.2) is 0 Å². The maximum Gasteiger partial charge on any atom is 0.306 e. The first kappa shape index (κ1) is 42.2. The van der Waals surface area contributed by atoms with Crippen molar-refractivity contribution in [3.63, 3.8) is 0 Å². The Bertz CT molecular complexity index is 568. The van der Waals surface area contributed by atoms with E-state index in [1.165, 1.54) is 186 Å².